The van der Waals surface area contributed by atoms with E-state index < -0.39 is 21.4 Å². The van der Waals surface area contributed by atoms with Gasteiger partial charge in [0.2, 0.25) is 0 Å². The van der Waals surface area contributed by atoms with Crippen LogP contribution in [0.5, 0.6) is 0 Å². The fraction of sp³-hybridized carbons (Fsp3) is 0.222. The molecule has 0 fully saturated rings. The second kappa shape index (κ2) is 6.45. The van der Waals surface area contributed by atoms with Crippen molar-refractivity contribution in [3.8, 4) is 0 Å². The maximum Gasteiger partial charge on any atom is 0.422 e. The number of fused-ring (bicyclic) bond motifs is 1. The van der Waals surface area contributed by atoms with Gasteiger partial charge in [-0.05, 0) is 41.8 Å². The van der Waals surface area contributed by atoms with Gasteiger partial charge in [0.15, 0.2) is 0 Å². The first-order valence-corrected chi connectivity index (χ1v) is 9.44. The zero-order chi connectivity index (χ0) is 19.1. The summed E-state index contributed by atoms with van der Waals surface area (Å²) in [4.78, 5) is 23.3. The third-order valence-electron chi connectivity index (χ3n) is 4.14. The molecule has 8 heteroatoms. The van der Waals surface area contributed by atoms with E-state index in [4.69, 9.17) is 0 Å². The minimum atomic E-state index is -3.90. The van der Waals surface area contributed by atoms with Crippen molar-refractivity contribution in [2.75, 3.05) is 4.72 Å². The van der Waals surface area contributed by atoms with Crippen LogP contribution in [0.4, 0.5) is 5.69 Å². The van der Waals surface area contributed by atoms with Gasteiger partial charge in [0.05, 0.1) is 15.8 Å². The Kier molecular flexibility index (Phi) is 4.45. The Bertz CT molecular complexity index is 1190. The van der Waals surface area contributed by atoms with Gasteiger partial charge in [-0.15, -0.1) is 0 Å². The van der Waals surface area contributed by atoms with Gasteiger partial charge >= 0.3 is 11.4 Å². The van der Waals surface area contributed by atoms with Crippen molar-refractivity contribution in [3.05, 3.63) is 69.0 Å². The van der Waals surface area contributed by atoms with E-state index in [9.17, 15) is 18.0 Å². The average molecular weight is 374 g/mol. The summed E-state index contributed by atoms with van der Waals surface area (Å²) in [5, 5.41) is 0.0186. The van der Waals surface area contributed by atoms with Gasteiger partial charge in [-0.2, -0.15) is 0 Å². The van der Waals surface area contributed by atoms with Crippen molar-refractivity contribution >= 4 is 26.6 Å². The molecule has 0 aliphatic heterocycles. The first kappa shape index (κ1) is 17.9. The van der Waals surface area contributed by atoms with Crippen LogP contribution in [0.3, 0.4) is 0 Å². The number of aryl methyl sites for hydroxylation is 1. The zero-order valence-electron chi connectivity index (χ0n) is 14.5. The highest BCUT2D eigenvalue weighted by Crippen LogP contribution is 2.21. The van der Waals surface area contributed by atoms with Gasteiger partial charge < -0.3 is 4.42 Å². The van der Waals surface area contributed by atoms with E-state index >= 15 is 0 Å². The molecule has 26 heavy (non-hydrogen) atoms. The molecule has 0 bridgehead atoms. The van der Waals surface area contributed by atoms with Gasteiger partial charge in [-0.1, -0.05) is 26.0 Å². The van der Waals surface area contributed by atoms with Crippen LogP contribution < -0.4 is 16.1 Å². The predicted molar refractivity (Wildman–Crippen MR) is 99.1 cm³/mol. The Morgan fingerprint density at radius 3 is 2.31 bits per heavy atom. The smallest absolute Gasteiger partial charge is 0.372 e. The highest BCUT2D eigenvalue weighted by Gasteiger charge is 2.17. The Hall–Kier alpha value is -2.87. The number of aromatic nitrogens is 1. The number of hydrogen-bond donors (Lipinski definition) is 1. The lowest BCUT2D eigenvalue weighted by Gasteiger charge is -2.11. The molecule has 0 spiro atoms. The normalized spacial score (nSPS) is 11.8. The maximum absolute atomic E-state index is 12.6. The van der Waals surface area contributed by atoms with E-state index in [2.05, 4.69) is 9.14 Å². The molecule has 0 saturated carbocycles. The summed E-state index contributed by atoms with van der Waals surface area (Å²) in [5.74, 6) is -0.464. The minimum absolute atomic E-state index is 0.0186. The van der Waals surface area contributed by atoms with E-state index in [1.807, 2.05) is 26.0 Å². The Labute approximate surface area is 149 Å². The van der Waals surface area contributed by atoms with Crippen LogP contribution in [0, 0.1) is 0 Å². The van der Waals surface area contributed by atoms with Crippen molar-refractivity contribution in [1.29, 1.82) is 0 Å². The molecule has 0 saturated heterocycles. The van der Waals surface area contributed by atoms with E-state index in [-0.39, 0.29) is 10.3 Å². The molecule has 0 radical (unpaired) electrons. The number of hydrogen-bond acceptors (Lipinski definition) is 5. The molecule has 7 nitrogen and oxygen atoms in total. The summed E-state index contributed by atoms with van der Waals surface area (Å²) in [5.41, 5.74) is 0.937. The summed E-state index contributed by atoms with van der Waals surface area (Å²) in [6.45, 7) is 4.10. The first-order chi connectivity index (χ1) is 12.2. The van der Waals surface area contributed by atoms with E-state index in [1.165, 1.54) is 25.2 Å². The molecule has 1 aromatic heterocycles. The molecule has 136 valence electrons. The van der Waals surface area contributed by atoms with Crippen LogP contribution in [-0.4, -0.2) is 13.0 Å². The molecule has 0 amide bonds. The Balaban J connectivity index is 2.02. The molecule has 0 aliphatic rings. The number of rotatable bonds is 4. The molecule has 0 aliphatic carbocycles. The van der Waals surface area contributed by atoms with Crippen molar-refractivity contribution in [3.63, 3.8) is 0 Å². The molecule has 3 aromatic rings. The fourth-order valence-electron chi connectivity index (χ4n) is 2.59. The SMILES string of the molecule is CC(C)c1ccc(NS(=O)(=O)c2ccc3c(c2)c(=O)oc(=O)n3C)cc1. The lowest BCUT2D eigenvalue weighted by atomic mass is 10.0. The van der Waals surface area contributed by atoms with Gasteiger partial charge in [-0.25, -0.2) is 18.0 Å². The molecule has 3 rings (SSSR count). The number of sulfonamides is 1. The third kappa shape index (κ3) is 3.28. The van der Waals surface area contributed by atoms with Crippen LogP contribution in [0.25, 0.3) is 10.9 Å². The standard InChI is InChI=1S/C18H18N2O5S/c1-11(2)12-4-6-13(7-5-12)19-26(23,24)14-8-9-16-15(10-14)17(21)25-18(22)20(16)3/h4-11,19H,1-3H3. The van der Waals surface area contributed by atoms with Crippen molar-refractivity contribution in [2.45, 2.75) is 24.7 Å². The summed E-state index contributed by atoms with van der Waals surface area (Å²) < 4.78 is 33.4. The van der Waals surface area contributed by atoms with E-state index in [1.54, 1.807) is 12.1 Å². The lowest BCUT2D eigenvalue weighted by Crippen LogP contribution is -2.23. The molecule has 0 unspecified atom stereocenters. The second-order valence-corrected chi connectivity index (χ2v) is 7.96. The molecule has 0 atom stereocenters. The van der Waals surface area contributed by atoms with Gasteiger partial charge in [0, 0.05) is 12.7 Å². The number of anilines is 1. The summed E-state index contributed by atoms with van der Waals surface area (Å²) in [6, 6.07) is 11.0. The van der Waals surface area contributed by atoms with Crippen molar-refractivity contribution in [2.24, 2.45) is 7.05 Å². The van der Waals surface area contributed by atoms with Gasteiger partial charge in [0.1, 0.15) is 0 Å². The van der Waals surface area contributed by atoms with Gasteiger partial charge in [-0.3, -0.25) is 9.29 Å². The quantitative estimate of drug-likeness (QED) is 0.756. The largest absolute Gasteiger partial charge is 0.422 e. The highest BCUT2D eigenvalue weighted by atomic mass is 32.2. The van der Waals surface area contributed by atoms with E-state index in [0.717, 1.165) is 10.1 Å². The third-order valence-corrected chi connectivity index (χ3v) is 5.52. The van der Waals surface area contributed by atoms with Crippen LogP contribution in [0.2, 0.25) is 0 Å². The van der Waals surface area contributed by atoms with Crippen LogP contribution in [-0.2, 0) is 17.1 Å². The summed E-state index contributed by atoms with van der Waals surface area (Å²) in [7, 11) is -2.45. The molecule has 1 N–H and O–H groups in total. The fourth-order valence-corrected chi connectivity index (χ4v) is 3.67. The van der Waals surface area contributed by atoms with E-state index in [0.29, 0.717) is 17.1 Å². The second-order valence-electron chi connectivity index (χ2n) is 6.28. The number of nitrogens with one attached hydrogen (secondary N) is 1. The molecular weight excluding hydrogens is 356 g/mol. The Morgan fingerprint density at radius 2 is 1.69 bits per heavy atom. The van der Waals surface area contributed by atoms with Crippen molar-refractivity contribution < 1.29 is 12.8 Å². The average Bonchev–Trinajstić information content (AvgIpc) is 2.59. The zero-order valence-corrected chi connectivity index (χ0v) is 15.3. The van der Waals surface area contributed by atoms with Crippen LogP contribution in [0.1, 0.15) is 25.3 Å². The monoisotopic (exact) mass is 374 g/mol. The minimum Gasteiger partial charge on any atom is -0.372 e. The summed E-state index contributed by atoms with van der Waals surface area (Å²) >= 11 is 0. The number of nitrogens with zero attached hydrogens (tertiary/aromatic N) is 1. The summed E-state index contributed by atoms with van der Waals surface area (Å²) in [6.07, 6.45) is 0. The molecule has 1 heterocycles. The van der Waals surface area contributed by atoms with Crippen LogP contribution >= 0.6 is 0 Å². The molecular formula is C18H18N2O5S. The van der Waals surface area contributed by atoms with Crippen molar-refractivity contribution in [1.82, 2.24) is 4.57 Å². The highest BCUT2D eigenvalue weighted by molar-refractivity contribution is 7.92. The first-order valence-electron chi connectivity index (χ1n) is 7.96. The van der Waals surface area contributed by atoms with Gasteiger partial charge in [0.25, 0.3) is 10.0 Å². The Morgan fingerprint density at radius 1 is 1.04 bits per heavy atom. The topological polar surface area (TPSA) is 98.4 Å². The number of benzene rings is 2. The molecule has 2 aromatic carbocycles. The van der Waals surface area contributed by atoms with Crippen LogP contribution in [0.15, 0.2) is 61.4 Å². The predicted octanol–water partition coefficient (Wildman–Crippen LogP) is 2.42. The lowest BCUT2D eigenvalue weighted by molar-refractivity contribution is 0.432. The maximum atomic E-state index is 12.6.